The lowest BCUT2D eigenvalue weighted by molar-refractivity contribution is -0.143. The van der Waals surface area contributed by atoms with Crippen molar-refractivity contribution in [2.45, 2.75) is 37.8 Å². The van der Waals surface area contributed by atoms with Gasteiger partial charge in [-0.05, 0) is 37.3 Å². The minimum absolute atomic E-state index is 0.0593. The van der Waals surface area contributed by atoms with Crippen LogP contribution >= 0.6 is 11.5 Å². The van der Waals surface area contributed by atoms with Crippen LogP contribution in [-0.2, 0) is 16.1 Å². The molecule has 4 rings (SSSR count). The Hall–Kier alpha value is -2.15. The number of hydrogen-bond donors (Lipinski definition) is 1. The van der Waals surface area contributed by atoms with E-state index in [0.29, 0.717) is 24.9 Å². The zero-order valence-electron chi connectivity index (χ0n) is 13.2. The molecule has 1 aliphatic carbocycles. The lowest BCUT2D eigenvalue weighted by Gasteiger charge is -2.34. The Kier molecular flexibility index (Phi) is 3.49. The molecule has 6 nitrogen and oxygen atoms in total. The molecule has 1 aromatic carbocycles. The Bertz CT molecular complexity index is 887. The summed E-state index contributed by atoms with van der Waals surface area (Å²) in [5.74, 6) is -0.250. The van der Waals surface area contributed by atoms with Gasteiger partial charge in [-0.3, -0.25) is 18.3 Å². The van der Waals surface area contributed by atoms with Crippen LogP contribution in [0, 0.1) is 5.92 Å². The number of nitrogens with two attached hydrogens (primary N) is 1. The van der Waals surface area contributed by atoms with E-state index in [-0.39, 0.29) is 29.7 Å². The molecule has 7 heteroatoms. The molecule has 1 saturated heterocycles. The van der Waals surface area contributed by atoms with E-state index in [1.165, 1.54) is 11.5 Å². The zero-order chi connectivity index (χ0) is 16.9. The molecule has 0 unspecified atom stereocenters. The summed E-state index contributed by atoms with van der Waals surface area (Å²) in [5.41, 5.74) is 4.76. The smallest absolute Gasteiger partial charge is 0.268 e. The van der Waals surface area contributed by atoms with Crippen LogP contribution in [-0.4, -0.2) is 32.8 Å². The fourth-order valence-corrected chi connectivity index (χ4v) is 4.96. The van der Waals surface area contributed by atoms with Crippen LogP contribution in [0.1, 0.15) is 25.7 Å². The van der Waals surface area contributed by atoms with Crippen LogP contribution in [0.3, 0.4) is 0 Å². The molecule has 0 spiro atoms. The molecule has 1 aliphatic heterocycles. The molecule has 0 bridgehead atoms. The number of primary amides is 1. The number of rotatable bonds is 4. The van der Waals surface area contributed by atoms with Gasteiger partial charge in [-0.25, -0.2) is 0 Å². The molecule has 2 aliphatic rings. The van der Waals surface area contributed by atoms with E-state index in [1.54, 1.807) is 14.9 Å². The van der Waals surface area contributed by atoms with Crippen LogP contribution in [0.15, 0.2) is 29.1 Å². The van der Waals surface area contributed by atoms with Crippen LogP contribution in [0.4, 0.5) is 0 Å². The van der Waals surface area contributed by atoms with Gasteiger partial charge in [0, 0.05) is 19.5 Å². The minimum atomic E-state index is -0.750. The summed E-state index contributed by atoms with van der Waals surface area (Å²) in [6.45, 7) is 0.923. The summed E-state index contributed by atoms with van der Waals surface area (Å²) in [7, 11) is 0. The van der Waals surface area contributed by atoms with Gasteiger partial charge in [-0.15, -0.1) is 0 Å². The maximum Gasteiger partial charge on any atom is 0.268 e. The topological polar surface area (TPSA) is 85.4 Å². The minimum Gasteiger partial charge on any atom is -0.368 e. The summed E-state index contributed by atoms with van der Waals surface area (Å²) in [5, 5.41) is 0.684. The summed E-state index contributed by atoms with van der Waals surface area (Å²) in [4.78, 5) is 38.5. The Balaban J connectivity index is 1.51. The molecule has 1 aromatic heterocycles. The van der Waals surface area contributed by atoms with Crippen molar-refractivity contribution in [2.75, 3.05) is 6.54 Å². The second-order valence-corrected chi connectivity index (χ2v) is 7.69. The first-order chi connectivity index (χ1) is 11.5. The highest BCUT2D eigenvalue weighted by molar-refractivity contribution is 7.13. The number of amides is 2. The predicted octanol–water partition coefficient (Wildman–Crippen LogP) is 1.32. The largest absolute Gasteiger partial charge is 0.368 e. The van der Waals surface area contributed by atoms with Gasteiger partial charge in [0.25, 0.3) is 5.56 Å². The molecule has 2 N–H and O–H groups in total. The SMILES string of the molecule is NC(=O)[C@]12C[C@H]1CCCN2C(=O)CCn1sc2ccccc2c1=O. The number of aryl methyl sites for hydroxylation is 1. The van der Waals surface area contributed by atoms with E-state index < -0.39 is 5.54 Å². The summed E-state index contributed by atoms with van der Waals surface area (Å²) < 4.78 is 2.54. The Morgan fingerprint density at radius 3 is 2.88 bits per heavy atom. The number of nitrogens with zero attached hydrogens (tertiary/aromatic N) is 2. The number of aromatic nitrogens is 1. The van der Waals surface area contributed by atoms with E-state index >= 15 is 0 Å². The number of carbonyl (C=O) groups is 2. The summed E-state index contributed by atoms with van der Waals surface area (Å²) in [6.07, 6.45) is 2.78. The van der Waals surface area contributed by atoms with E-state index in [0.717, 1.165) is 17.5 Å². The maximum atomic E-state index is 12.7. The van der Waals surface area contributed by atoms with Gasteiger partial charge in [0.2, 0.25) is 11.8 Å². The second-order valence-electron chi connectivity index (χ2n) is 6.62. The lowest BCUT2D eigenvalue weighted by Crippen LogP contribution is -2.54. The van der Waals surface area contributed by atoms with E-state index in [4.69, 9.17) is 5.73 Å². The Morgan fingerprint density at radius 2 is 2.12 bits per heavy atom. The van der Waals surface area contributed by atoms with Crippen LogP contribution in [0.2, 0.25) is 0 Å². The Labute approximate surface area is 143 Å². The number of fused-ring (bicyclic) bond motifs is 2. The average Bonchev–Trinajstić information content (AvgIpc) is 3.26. The number of hydrogen-bond acceptors (Lipinski definition) is 4. The maximum absolute atomic E-state index is 12.7. The van der Waals surface area contributed by atoms with Crippen molar-refractivity contribution in [1.29, 1.82) is 0 Å². The molecule has 0 radical (unpaired) electrons. The quantitative estimate of drug-likeness (QED) is 0.907. The third-order valence-electron chi connectivity index (χ3n) is 5.30. The van der Waals surface area contributed by atoms with Gasteiger partial charge in [-0.1, -0.05) is 23.7 Å². The molecular formula is C17H19N3O3S. The van der Waals surface area contributed by atoms with Crippen molar-refractivity contribution in [1.82, 2.24) is 8.86 Å². The second kappa shape index (κ2) is 5.44. The molecule has 2 heterocycles. The molecule has 24 heavy (non-hydrogen) atoms. The number of carbonyl (C=O) groups excluding carboxylic acids is 2. The van der Waals surface area contributed by atoms with E-state index in [1.807, 2.05) is 18.2 Å². The van der Waals surface area contributed by atoms with Crippen LogP contribution < -0.4 is 11.3 Å². The normalized spacial score (nSPS) is 25.5. The molecule has 2 atom stereocenters. The Morgan fingerprint density at radius 1 is 1.33 bits per heavy atom. The standard InChI is InChI=1S/C17H19N3O3S/c18-16(23)17-10-11(17)4-3-8-19(17)14(21)7-9-20-15(22)12-5-1-2-6-13(12)24-20/h1-2,5-6,11H,3-4,7-10H2,(H2,18,23)/t11-,17+/m1/s1. The number of likely N-dealkylation sites (tertiary alicyclic amines) is 1. The molecule has 2 fully saturated rings. The first kappa shape index (κ1) is 15.4. The highest BCUT2D eigenvalue weighted by Gasteiger charge is 2.65. The van der Waals surface area contributed by atoms with Gasteiger partial charge in [0.15, 0.2) is 0 Å². The van der Waals surface area contributed by atoms with E-state index in [2.05, 4.69) is 0 Å². The molecule has 2 amide bonds. The van der Waals surface area contributed by atoms with Crippen LogP contribution in [0.25, 0.3) is 10.1 Å². The summed E-state index contributed by atoms with van der Waals surface area (Å²) in [6, 6.07) is 7.43. The summed E-state index contributed by atoms with van der Waals surface area (Å²) >= 11 is 1.37. The molecule has 2 aromatic rings. The molecular weight excluding hydrogens is 326 g/mol. The average molecular weight is 345 g/mol. The van der Waals surface area contributed by atoms with Crippen molar-refractivity contribution in [2.24, 2.45) is 11.7 Å². The molecule has 126 valence electrons. The highest BCUT2D eigenvalue weighted by Crippen LogP contribution is 2.54. The first-order valence-electron chi connectivity index (χ1n) is 8.23. The van der Waals surface area contributed by atoms with Crippen molar-refractivity contribution in [3.63, 3.8) is 0 Å². The highest BCUT2D eigenvalue weighted by atomic mass is 32.1. The number of piperidine rings is 1. The van der Waals surface area contributed by atoms with Crippen molar-refractivity contribution in [3.8, 4) is 0 Å². The van der Waals surface area contributed by atoms with Crippen molar-refractivity contribution in [3.05, 3.63) is 34.6 Å². The first-order valence-corrected chi connectivity index (χ1v) is 9.00. The third-order valence-corrected chi connectivity index (χ3v) is 6.42. The fourth-order valence-electron chi connectivity index (χ4n) is 3.96. The fraction of sp³-hybridized carbons (Fsp3) is 0.471. The van der Waals surface area contributed by atoms with Gasteiger partial charge in [-0.2, -0.15) is 0 Å². The van der Waals surface area contributed by atoms with Gasteiger partial charge in [0.05, 0.1) is 10.1 Å². The number of benzene rings is 1. The van der Waals surface area contributed by atoms with Gasteiger partial charge in [0.1, 0.15) is 5.54 Å². The monoisotopic (exact) mass is 345 g/mol. The lowest BCUT2D eigenvalue weighted by atomic mass is 10.0. The predicted molar refractivity (Wildman–Crippen MR) is 91.7 cm³/mol. The molecule has 1 saturated carbocycles. The van der Waals surface area contributed by atoms with Crippen LogP contribution in [0.5, 0.6) is 0 Å². The zero-order valence-corrected chi connectivity index (χ0v) is 14.1. The van der Waals surface area contributed by atoms with Crippen molar-refractivity contribution < 1.29 is 9.59 Å². The van der Waals surface area contributed by atoms with Crippen molar-refractivity contribution >= 4 is 33.4 Å². The van der Waals surface area contributed by atoms with Gasteiger partial charge >= 0.3 is 0 Å². The third kappa shape index (κ3) is 2.18. The van der Waals surface area contributed by atoms with Gasteiger partial charge < -0.3 is 10.6 Å². The van der Waals surface area contributed by atoms with E-state index in [9.17, 15) is 14.4 Å².